The van der Waals surface area contributed by atoms with Crippen LogP contribution in [0.1, 0.15) is 11.9 Å². The van der Waals surface area contributed by atoms with Gasteiger partial charge in [0.25, 0.3) is 0 Å². The first kappa shape index (κ1) is 12.1. The molecule has 2 aromatic rings. The standard InChI is InChI=1S/C12H14O4S/c1-15-9-3-4-11-8(5-9)6-12(16-11)10(13)7-17(2)14/h3-6,10,13H,7H2,1-2H3. The summed E-state index contributed by atoms with van der Waals surface area (Å²) >= 11 is 0. The van der Waals surface area contributed by atoms with Crippen LogP contribution < -0.4 is 4.74 Å². The molecular weight excluding hydrogens is 240 g/mol. The van der Waals surface area contributed by atoms with E-state index in [4.69, 9.17) is 9.15 Å². The third-order valence-corrected chi connectivity index (χ3v) is 3.25. The van der Waals surface area contributed by atoms with Crippen LogP contribution >= 0.6 is 0 Å². The minimum atomic E-state index is -1.06. The van der Waals surface area contributed by atoms with Crippen molar-refractivity contribution in [2.75, 3.05) is 19.1 Å². The Bertz CT molecular complexity index is 546. The number of ether oxygens (including phenoxy) is 1. The van der Waals surface area contributed by atoms with E-state index in [2.05, 4.69) is 0 Å². The number of rotatable bonds is 4. The molecule has 0 saturated carbocycles. The van der Waals surface area contributed by atoms with E-state index in [0.717, 1.165) is 11.1 Å². The number of fused-ring (bicyclic) bond motifs is 1. The van der Waals surface area contributed by atoms with Gasteiger partial charge in [-0.15, -0.1) is 0 Å². The average molecular weight is 254 g/mol. The van der Waals surface area contributed by atoms with Crippen molar-refractivity contribution in [3.05, 3.63) is 30.0 Å². The van der Waals surface area contributed by atoms with E-state index in [1.165, 1.54) is 0 Å². The van der Waals surface area contributed by atoms with Gasteiger partial charge < -0.3 is 14.3 Å². The highest BCUT2D eigenvalue weighted by atomic mass is 32.2. The molecule has 17 heavy (non-hydrogen) atoms. The molecule has 0 aliphatic rings. The normalized spacial score (nSPS) is 14.8. The Morgan fingerprint density at radius 2 is 2.24 bits per heavy atom. The number of furan rings is 1. The Morgan fingerprint density at radius 1 is 1.47 bits per heavy atom. The largest absolute Gasteiger partial charge is 0.497 e. The molecule has 0 fully saturated rings. The summed E-state index contributed by atoms with van der Waals surface area (Å²) in [5, 5.41) is 10.7. The Labute approximate surface area is 102 Å². The molecule has 0 amide bonds. The van der Waals surface area contributed by atoms with E-state index in [-0.39, 0.29) is 5.75 Å². The fraction of sp³-hybridized carbons (Fsp3) is 0.333. The van der Waals surface area contributed by atoms with Gasteiger partial charge in [-0.1, -0.05) is 0 Å². The highest BCUT2D eigenvalue weighted by molar-refractivity contribution is 7.84. The number of hydrogen-bond donors (Lipinski definition) is 1. The Kier molecular flexibility index (Phi) is 3.49. The second kappa shape index (κ2) is 4.89. The van der Waals surface area contributed by atoms with Crippen LogP contribution in [0.2, 0.25) is 0 Å². The van der Waals surface area contributed by atoms with E-state index >= 15 is 0 Å². The summed E-state index contributed by atoms with van der Waals surface area (Å²) in [6, 6.07) is 7.15. The van der Waals surface area contributed by atoms with Crippen molar-refractivity contribution in [2.45, 2.75) is 6.10 Å². The number of methoxy groups -OCH3 is 1. The maximum Gasteiger partial charge on any atom is 0.134 e. The zero-order chi connectivity index (χ0) is 12.4. The average Bonchev–Trinajstić information content (AvgIpc) is 2.70. The van der Waals surface area contributed by atoms with Gasteiger partial charge in [0, 0.05) is 22.4 Å². The Balaban J connectivity index is 2.33. The molecule has 0 spiro atoms. The molecule has 0 aliphatic heterocycles. The van der Waals surface area contributed by atoms with Gasteiger partial charge in [-0.25, -0.2) is 0 Å². The smallest absolute Gasteiger partial charge is 0.134 e. The van der Waals surface area contributed by atoms with Crippen molar-refractivity contribution in [1.82, 2.24) is 0 Å². The lowest BCUT2D eigenvalue weighted by atomic mass is 10.2. The lowest BCUT2D eigenvalue weighted by molar-refractivity contribution is 0.176. The van der Waals surface area contributed by atoms with Crippen LogP contribution in [0.3, 0.4) is 0 Å². The van der Waals surface area contributed by atoms with Gasteiger partial charge in [-0.05, 0) is 24.3 Å². The number of aliphatic hydroxyl groups is 1. The van der Waals surface area contributed by atoms with Crippen molar-refractivity contribution in [3.8, 4) is 5.75 Å². The molecule has 0 radical (unpaired) electrons. The van der Waals surface area contributed by atoms with E-state index in [1.807, 2.05) is 6.07 Å². The van der Waals surface area contributed by atoms with E-state index in [1.54, 1.807) is 31.6 Å². The summed E-state index contributed by atoms with van der Waals surface area (Å²) in [6.07, 6.45) is 0.716. The lowest BCUT2D eigenvalue weighted by Crippen LogP contribution is -2.06. The highest BCUT2D eigenvalue weighted by Gasteiger charge is 2.15. The van der Waals surface area contributed by atoms with E-state index in [0.29, 0.717) is 11.3 Å². The molecule has 5 heteroatoms. The maximum absolute atomic E-state index is 11.0. The fourth-order valence-electron chi connectivity index (χ4n) is 1.64. The first-order valence-electron chi connectivity index (χ1n) is 5.15. The zero-order valence-electron chi connectivity index (χ0n) is 9.67. The molecule has 2 rings (SSSR count). The highest BCUT2D eigenvalue weighted by Crippen LogP contribution is 2.27. The SMILES string of the molecule is COc1ccc2oc(C(O)CS(C)=O)cc2c1. The van der Waals surface area contributed by atoms with Gasteiger partial charge in [-0.3, -0.25) is 4.21 Å². The third-order valence-electron chi connectivity index (χ3n) is 2.46. The molecule has 1 N–H and O–H groups in total. The molecule has 2 unspecified atom stereocenters. The molecule has 92 valence electrons. The van der Waals surface area contributed by atoms with Crippen LogP contribution in [0.15, 0.2) is 28.7 Å². The van der Waals surface area contributed by atoms with E-state index < -0.39 is 16.9 Å². The van der Waals surface area contributed by atoms with Crippen LogP contribution in [-0.2, 0) is 10.8 Å². The molecule has 4 nitrogen and oxygen atoms in total. The predicted octanol–water partition coefficient (Wildman–Crippen LogP) is 1.85. The summed E-state index contributed by atoms with van der Waals surface area (Å²) in [5.41, 5.74) is 0.682. The molecule has 2 atom stereocenters. The maximum atomic E-state index is 11.0. The molecule has 0 bridgehead atoms. The topological polar surface area (TPSA) is 59.7 Å². The fourth-order valence-corrected chi connectivity index (χ4v) is 2.25. The zero-order valence-corrected chi connectivity index (χ0v) is 10.5. The monoisotopic (exact) mass is 254 g/mol. The Hall–Kier alpha value is -1.33. The number of benzene rings is 1. The van der Waals surface area contributed by atoms with Gasteiger partial charge in [0.15, 0.2) is 0 Å². The van der Waals surface area contributed by atoms with Crippen molar-refractivity contribution < 1.29 is 18.5 Å². The van der Waals surface area contributed by atoms with Crippen LogP contribution in [0, 0.1) is 0 Å². The first-order chi connectivity index (χ1) is 8.10. The minimum Gasteiger partial charge on any atom is -0.497 e. The Morgan fingerprint density at radius 3 is 2.88 bits per heavy atom. The van der Waals surface area contributed by atoms with Gasteiger partial charge in [-0.2, -0.15) is 0 Å². The second-order valence-electron chi connectivity index (χ2n) is 3.81. The quantitative estimate of drug-likeness (QED) is 0.904. The summed E-state index contributed by atoms with van der Waals surface area (Å²) in [7, 11) is 0.536. The van der Waals surface area contributed by atoms with E-state index in [9.17, 15) is 9.32 Å². The van der Waals surface area contributed by atoms with Gasteiger partial charge in [0.1, 0.15) is 23.2 Å². The summed E-state index contributed by atoms with van der Waals surface area (Å²) in [5.74, 6) is 1.35. The first-order valence-corrected chi connectivity index (χ1v) is 6.88. The molecule has 0 aliphatic carbocycles. The molecule has 0 saturated heterocycles. The van der Waals surface area contributed by atoms with Crippen LogP contribution in [0.4, 0.5) is 0 Å². The van der Waals surface area contributed by atoms with Crippen molar-refractivity contribution in [3.63, 3.8) is 0 Å². The summed E-state index contributed by atoms with van der Waals surface area (Å²) < 4.78 is 21.6. The van der Waals surface area contributed by atoms with Crippen molar-refractivity contribution in [1.29, 1.82) is 0 Å². The van der Waals surface area contributed by atoms with Crippen LogP contribution in [0.5, 0.6) is 5.75 Å². The van der Waals surface area contributed by atoms with Crippen LogP contribution in [-0.4, -0.2) is 28.4 Å². The van der Waals surface area contributed by atoms with Crippen molar-refractivity contribution >= 4 is 21.8 Å². The van der Waals surface area contributed by atoms with Gasteiger partial charge in [0.2, 0.25) is 0 Å². The number of hydrogen-bond acceptors (Lipinski definition) is 4. The van der Waals surface area contributed by atoms with Gasteiger partial charge in [0.05, 0.1) is 12.9 Å². The molecule has 1 heterocycles. The second-order valence-corrected chi connectivity index (χ2v) is 5.29. The summed E-state index contributed by atoms with van der Waals surface area (Å²) in [6.45, 7) is 0. The molecule has 1 aromatic carbocycles. The molecular formula is C12H14O4S. The van der Waals surface area contributed by atoms with Crippen molar-refractivity contribution in [2.24, 2.45) is 0 Å². The number of aliphatic hydroxyl groups excluding tert-OH is 1. The third kappa shape index (κ3) is 2.68. The van der Waals surface area contributed by atoms with Gasteiger partial charge >= 0.3 is 0 Å². The minimum absolute atomic E-state index is 0.178. The summed E-state index contributed by atoms with van der Waals surface area (Å²) in [4.78, 5) is 0. The molecule has 1 aromatic heterocycles. The van der Waals surface area contributed by atoms with Crippen LogP contribution in [0.25, 0.3) is 11.0 Å². The predicted molar refractivity (Wildman–Crippen MR) is 66.7 cm³/mol. The lowest BCUT2D eigenvalue weighted by Gasteiger charge is -2.03.